The summed E-state index contributed by atoms with van der Waals surface area (Å²) in [4.78, 5) is 11.9. The monoisotopic (exact) mass is 358 g/mol. The zero-order chi connectivity index (χ0) is 18.4. The van der Waals surface area contributed by atoms with E-state index in [4.69, 9.17) is 10.4 Å². The van der Waals surface area contributed by atoms with Gasteiger partial charge in [0.2, 0.25) is 10.0 Å². The summed E-state index contributed by atoms with van der Waals surface area (Å²) in [7, 11) is -3.86. The normalized spacial score (nSPS) is 10.8. The molecule has 0 aromatic heterocycles. The zero-order valence-electron chi connectivity index (χ0n) is 13.6. The van der Waals surface area contributed by atoms with Gasteiger partial charge in [-0.3, -0.25) is 4.79 Å². The molecule has 0 saturated carbocycles. The van der Waals surface area contributed by atoms with Crippen molar-refractivity contribution in [3.05, 3.63) is 59.2 Å². The summed E-state index contributed by atoms with van der Waals surface area (Å²) in [5.74, 6) is -0.188. The Morgan fingerprint density at radius 3 is 2.44 bits per heavy atom. The van der Waals surface area contributed by atoms with Gasteiger partial charge in [0.25, 0.3) is 5.91 Å². The summed E-state index contributed by atoms with van der Waals surface area (Å²) in [6, 6.07) is 13.1. The largest absolute Gasteiger partial charge is 0.382 e. The predicted octanol–water partition coefficient (Wildman–Crippen LogP) is 1.36. The number of amides is 1. The smallest absolute Gasteiger partial charge is 0.251 e. The van der Waals surface area contributed by atoms with E-state index in [9.17, 15) is 13.2 Å². The van der Waals surface area contributed by atoms with Gasteiger partial charge in [0.15, 0.2) is 0 Å². The maximum Gasteiger partial charge on any atom is 0.251 e. The van der Waals surface area contributed by atoms with Crippen molar-refractivity contribution in [2.75, 3.05) is 18.4 Å². The second-order valence-electron chi connectivity index (χ2n) is 5.41. The lowest BCUT2D eigenvalue weighted by molar-refractivity contribution is 0.0955. The van der Waals surface area contributed by atoms with Gasteiger partial charge in [-0.05, 0) is 37.3 Å². The van der Waals surface area contributed by atoms with Gasteiger partial charge in [0, 0.05) is 18.7 Å². The van der Waals surface area contributed by atoms with E-state index in [1.54, 1.807) is 12.1 Å². The van der Waals surface area contributed by atoms with Crippen molar-refractivity contribution < 1.29 is 13.2 Å². The van der Waals surface area contributed by atoms with Gasteiger partial charge in [-0.1, -0.05) is 17.7 Å². The molecule has 130 valence electrons. The minimum Gasteiger partial charge on any atom is -0.382 e. The van der Waals surface area contributed by atoms with Crippen LogP contribution in [-0.2, 0) is 10.0 Å². The topological polar surface area (TPSA) is 125 Å². The predicted molar refractivity (Wildman–Crippen MR) is 94.5 cm³/mol. The molecular formula is C17H18N4O3S. The number of hydrogen-bond acceptors (Lipinski definition) is 5. The van der Waals surface area contributed by atoms with Crippen LogP contribution in [0.3, 0.4) is 0 Å². The second kappa shape index (κ2) is 7.79. The first-order chi connectivity index (χ1) is 11.8. The lowest BCUT2D eigenvalue weighted by atomic mass is 10.1. The number of anilines is 1. The molecule has 0 unspecified atom stereocenters. The SMILES string of the molecule is Cc1ccc(C(=O)NCCNc2ccc(S(N)(=O)=O)cc2C#N)cc1. The number of nitriles is 1. The van der Waals surface area contributed by atoms with E-state index in [0.717, 1.165) is 5.56 Å². The minimum absolute atomic E-state index is 0.123. The van der Waals surface area contributed by atoms with Crippen LogP contribution in [0, 0.1) is 18.3 Å². The van der Waals surface area contributed by atoms with Crippen LogP contribution in [0.5, 0.6) is 0 Å². The quantitative estimate of drug-likeness (QED) is 0.672. The number of nitrogens with one attached hydrogen (secondary N) is 2. The van der Waals surface area contributed by atoms with Crippen molar-refractivity contribution in [1.29, 1.82) is 5.26 Å². The molecule has 2 aromatic rings. The number of aryl methyl sites for hydroxylation is 1. The van der Waals surface area contributed by atoms with E-state index in [1.807, 2.05) is 25.1 Å². The second-order valence-corrected chi connectivity index (χ2v) is 6.97. The Kier molecular flexibility index (Phi) is 5.75. The van der Waals surface area contributed by atoms with E-state index >= 15 is 0 Å². The van der Waals surface area contributed by atoms with Gasteiger partial charge >= 0.3 is 0 Å². The summed E-state index contributed by atoms with van der Waals surface area (Å²) < 4.78 is 22.6. The average molecular weight is 358 g/mol. The highest BCUT2D eigenvalue weighted by Crippen LogP contribution is 2.18. The fraction of sp³-hybridized carbons (Fsp3) is 0.176. The standard InChI is InChI=1S/C17H18N4O3S/c1-12-2-4-13(5-3-12)17(22)21-9-8-20-16-7-6-15(25(19,23)24)10-14(16)11-18/h2-7,10,20H,8-9H2,1H3,(H,21,22)(H2,19,23,24). The third-order valence-corrected chi connectivity index (χ3v) is 4.39. The Morgan fingerprint density at radius 1 is 1.16 bits per heavy atom. The third-order valence-electron chi connectivity index (χ3n) is 3.48. The highest BCUT2D eigenvalue weighted by molar-refractivity contribution is 7.89. The highest BCUT2D eigenvalue weighted by Gasteiger charge is 2.11. The fourth-order valence-corrected chi connectivity index (χ4v) is 2.67. The Morgan fingerprint density at radius 2 is 1.84 bits per heavy atom. The maximum absolute atomic E-state index is 12.0. The van der Waals surface area contributed by atoms with Crippen molar-refractivity contribution in [2.45, 2.75) is 11.8 Å². The third kappa shape index (κ3) is 5.04. The van der Waals surface area contributed by atoms with Gasteiger partial charge < -0.3 is 10.6 Å². The molecule has 0 atom stereocenters. The molecule has 7 nitrogen and oxygen atoms in total. The van der Waals surface area contributed by atoms with Crippen LogP contribution < -0.4 is 15.8 Å². The van der Waals surface area contributed by atoms with Crippen LogP contribution in [0.2, 0.25) is 0 Å². The molecule has 0 heterocycles. The molecule has 0 bridgehead atoms. The number of benzene rings is 2. The molecule has 0 aliphatic carbocycles. The fourth-order valence-electron chi connectivity index (χ4n) is 2.13. The molecule has 4 N–H and O–H groups in total. The molecule has 0 fully saturated rings. The first-order valence-electron chi connectivity index (χ1n) is 7.47. The van der Waals surface area contributed by atoms with E-state index in [0.29, 0.717) is 24.3 Å². The van der Waals surface area contributed by atoms with Crippen molar-refractivity contribution in [3.63, 3.8) is 0 Å². The maximum atomic E-state index is 12.0. The first kappa shape index (κ1) is 18.4. The van der Waals surface area contributed by atoms with Crippen molar-refractivity contribution in [2.24, 2.45) is 5.14 Å². The lowest BCUT2D eigenvalue weighted by Gasteiger charge is -2.10. The molecule has 2 aromatic carbocycles. The number of nitrogens with zero attached hydrogens (tertiary/aromatic N) is 1. The van der Waals surface area contributed by atoms with Crippen LogP contribution in [0.15, 0.2) is 47.4 Å². The number of rotatable bonds is 6. The van der Waals surface area contributed by atoms with Crippen molar-refractivity contribution in [1.82, 2.24) is 5.32 Å². The number of nitrogens with two attached hydrogens (primary N) is 1. The number of carbonyl (C=O) groups is 1. The van der Waals surface area contributed by atoms with Crippen LogP contribution in [0.1, 0.15) is 21.5 Å². The Hall–Kier alpha value is -2.89. The van der Waals surface area contributed by atoms with E-state index in [-0.39, 0.29) is 16.4 Å². The summed E-state index contributed by atoms with van der Waals surface area (Å²) in [5, 5.41) is 19.9. The molecule has 1 amide bonds. The van der Waals surface area contributed by atoms with Gasteiger partial charge in [0.1, 0.15) is 6.07 Å². The summed E-state index contributed by atoms with van der Waals surface area (Å²) >= 11 is 0. The Balaban J connectivity index is 1.92. The minimum atomic E-state index is -3.86. The van der Waals surface area contributed by atoms with Gasteiger partial charge in [-0.15, -0.1) is 0 Å². The Labute approximate surface area is 146 Å². The zero-order valence-corrected chi connectivity index (χ0v) is 14.4. The average Bonchev–Trinajstić information content (AvgIpc) is 2.58. The van der Waals surface area contributed by atoms with E-state index in [2.05, 4.69) is 10.6 Å². The van der Waals surface area contributed by atoms with Crippen LogP contribution in [0.4, 0.5) is 5.69 Å². The molecule has 0 radical (unpaired) electrons. The van der Waals surface area contributed by atoms with E-state index < -0.39 is 10.0 Å². The summed E-state index contributed by atoms with van der Waals surface area (Å²) in [5.41, 5.74) is 2.28. The molecule has 2 rings (SSSR count). The lowest BCUT2D eigenvalue weighted by Crippen LogP contribution is -2.28. The van der Waals surface area contributed by atoms with Gasteiger partial charge in [0.05, 0.1) is 16.1 Å². The number of primary sulfonamides is 1. The van der Waals surface area contributed by atoms with Crippen LogP contribution in [-0.4, -0.2) is 27.4 Å². The van der Waals surface area contributed by atoms with Crippen LogP contribution in [0.25, 0.3) is 0 Å². The molecule has 0 spiro atoms. The molecule has 0 aliphatic rings. The van der Waals surface area contributed by atoms with Gasteiger partial charge in [-0.25, -0.2) is 13.6 Å². The number of sulfonamides is 1. The first-order valence-corrected chi connectivity index (χ1v) is 9.01. The van der Waals surface area contributed by atoms with Crippen molar-refractivity contribution in [3.8, 4) is 6.07 Å². The summed E-state index contributed by atoms with van der Waals surface area (Å²) in [6.07, 6.45) is 0. The molecule has 25 heavy (non-hydrogen) atoms. The molecule has 0 saturated heterocycles. The Bertz CT molecular complexity index is 916. The molecule has 8 heteroatoms. The van der Waals surface area contributed by atoms with Crippen LogP contribution >= 0.6 is 0 Å². The van der Waals surface area contributed by atoms with E-state index in [1.165, 1.54) is 18.2 Å². The summed E-state index contributed by atoms with van der Waals surface area (Å²) in [6.45, 7) is 2.66. The molecular weight excluding hydrogens is 340 g/mol. The van der Waals surface area contributed by atoms with Crippen molar-refractivity contribution >= 4 is 21.6 Å². The number of carbonyl (C=O) groups excluding carboxylic acids is 1. The molecule has 0 aliphatic heterocycles. The highest BCUT2D eigenvalue weighted by atomic mass is 32.2. The van der Waals surface area contributed by atoms with Gasteiger partial charge in [-0.2, -0.15) is 5.26 Å². The number of hydrogen-bond donors (Lipinski definition) is 3.